The Morgan fingerprint density at radius 3 is 3.08 bits per heavy atom. The Hall–Kier alpha value is -1.52. The summed E-state index contributed by atoms with van der Waals surface area (Å²) in [7, 11) is 5.61. The van der Waals surface area contributed by atoms with E-state index in [4.69, 9.17) is 7.85 Å². The van der Waals surface area contributed by atoms with Crippen LogP contribution < -0.4 is 11.2 Å². The molecular formula is C7H6BN3O. The van der Waals surface area contributed by atoms with Gasteiger partial charge in [-0.05, 0) is 13.0 Å². The zero-order valence-electron chi connectivity index (χ0n) is 6.53. The fourth-order valence-corrected chi connectivity index (χ4v) is 1.16. The Labute approximate surface area is 69.6 Å². The van der Waals surface area contributed by atoms with Gasteiger partial charge in [0.2, 0.25) is 0 Å². The third-order valence-electron chi connectivity index (χ3n) is 1.86. The lowest BCUT2D eigenvalue weighted by molar-refractivity contribution is 0.997. The quantitative estimate of drug-likeness (QED) is 0.507. The fourth-order valence-electron chi connectivity index (χ4n) is 1.16. The number of pyridine rings is 1. The Kier molecular flexibility index (Phi) is 1.33. The maximum absolute atomic E-state index is 11.1. The maximum Gasteiger partial charge on any atom is 0.347 e. The summed E-state index contributed by atoms with van der Waals surface area (Å²) in [4.78, 5) is 11.1. The lowest BCUT2D eigenvalue weighted by atomic mass is 9.95. The van der Waals surface area contributed by atoms with Gasteiger partial charge in [-0.3, -0.25) is 0 Å². The standard InChI is InChI=1S/C7H6BN3O/c1-4-5(8)2-3-6-9-10-7(12)11(4)6/h2-3H,1H3,(H,10,12). The van der Waals surface area contributed by atoms with Crippen molar-refractivity contribution in [1.82, 2.24) is 14.6 Å². The zero-order chi connectivity index (χ0) is 8.72. The van der Waals surface area contributed by atoms with Crippen molar-refractivity contribution >= 4 is 19.0 Å². The molecule has 0 aliphatic heterocycles. The second kappa shape index (κ2) is 2.23. The Morgan fingerprint density at radius 1 is 1.58 bits per heavy atom. The van der Waals surface area contributed by atoms with Crippen LogP contribution in [0.15, 0.2) is 16.9 Å². The van der Waals surface area contributed by atoms with Gasteiger partial charge in [-0.1, -0.05) is 11.5 Å². The summed E-state index contributed by atoms with van der Waals surface area (Å²) >= 11 is 0. The van der Waals surface area contributed by atoms with Crippen molar-refractivity contribution in [2.75, 3.05) is 0 Å². The third-order valence-corrected chi connectivity index (χ3v) is 1.86. The number of nitrogens with one attached hydrogen (secondary N) is 1. The molecule has 2 rings (SSSR count). The van der Waals surface area contributed by atoms with Gasteiger partial charge in [0, 0.05) is 5.69 Å². The van der Waals surface area contributed by atoms with Crippen LogP contribution in [0.1, 0.15) is 5.69 Å². The molecule has 2 heterocycles. The predicted octanol–water partition coefficient (Wildman–Crippen LogP) is -0.875. The van der Waals surface area contributed by atoms with Crippen molar-refractivity contribution in [3.63, 3.8) is 0 Å². The lowest BCUT2D eigenvalue weighted by Crippen LogP contribution is -2.19. The largest absolute Gasteiger partial charge is 0.347 e. The molecule has 0 saturated carbocycles. The molecule has 5 heteroatoms. The first-order valence-electron chi connectivity index (χ1n) is 3.52. The number of H-pyrrole nitrogens is 1. The summed E-state index contributed by atoms with van der Waals surface area (Å²) in [6.45, 7) is 1.78. The zero-order valence-corrected chi connectivity index (χ0v) is 6.53. The molecule has 2 radical (unpaired) electrons. The molecule has 2 aromatic heterocycles. The summed E-state index contributed by atoms with van der Waals surface area (Å²) in [5.74, 6) is 0. The number of fused-ring (bicyclic) bond motifs is 1. The first kappa shape index (κ1) is 7.15. The molecule has 0 bridgehead atoms. The molecule has 0 unspecified atom stereocenters. The van der Waals surface area contributed by atoms with E-state index >= 15 is 0 Å². The monoisotopic (exact) mass is 159 g/mol. The average molecular weight is 159 g/mol. The van der Waals surface area contributed by atoms with Crippen LogP contribution in [0.4, 0.5) is 0 Å². The normalized spacial score (nSPS) is 10.8. The van der Waals surface area contributed by atoms with Gasteiger partial charge < -0.3 is 0 Å². The molecule has 2 aromatic rings. The van der Waals surface area contributed by atoms with E-state index in [-0.39, 0.29) is 5.69 Å². The maximum atomic E-state index is 11.1. The van der Waals surface area contributed by atoms with Gasteiger partial charge in [0.25, 0.3) is 0 Å². The first-order chi connectivity index (χ1) is 5.70. The molecule has 0 aliphatic rings. The van der Waals surface area contributed by atoms with Gasteiger partial charge >= 0.3 is 5.69 Å². The van der Waals surface area contributed by atoms with Crippen LogP contribution in [0.3, 0.4) is 0 Å². The van der Waals surface area contributed by atoms with Crippen molar-refractivity contribution in [2.24, 2.45) is 0 Å². The molecule has 58 valence electrons. The number of rotatable bonds is 0. The summed E-state index contributed by atoms with van der Waals surface area (Å²) in [6, 6.07) is 3.42. The summed E-state index contributed by atoms with van der Waals surface area (Å²) in [5, 5.41) is 6.14. The van der Waals surface area contributed by atoms with E-state index in [0.29, 0.717) is 16.8 Å². The second-order valence-electron chi connectivity index (χ2n) is 2.60. The van der Waals surface area contributed by atoms with Crippen molar-refractivity contribution < 1.29 is 0 Å². The van der Waals surface area contributed by atoms with Gasteiger partial charge in [-0.15, -0.1) is 0 Å². The average Bonchev–Trinajstić information content (AvgIpc) is 2.41. The van der Waals surface area contributed by atoms with Crippen LogP contribution in [0.5, 0.6) is 0 Å². The molecule has 4 nitrogen and oxygen atoms in total. The molecule has 0 amide bonds. The van der Waals surface area contributed by atoms with E-state index in [1.165, 1.54) is 4.40 Å². The Balaban J connectivity index is 3.06. The van der Waals surface area contributed by atoms with Gasteiger partial charge in [-0.25, -0.2) is 14.3 Å². The highest BCUT2D eigenvalue weighted by molar-refractivity contribution is 6.33. The van der Waals surface area contributed by atoms with E-state index in [2.05, 4.69) is 10.2 Å². The minimum absolute atomic E-state index is 0.255. The van der Waals surface area contributed by atoms with E-state index in [1.807, 2.05) is 0 Å². The van der Waals surface area contributed by atoms with Crippen LogP contribution in [0.2, 0.25) is 0 Å². The number of aryl methyl sites for hydroxylation is 1. The van der Waals surface area contributed by atoms with Crippen molar-refractivity contribution in [1.29, 1.82) is 0 Å². The minimum atomic E-state index is -0.255. The minimum Gasteiger partial charge on any atom is -0.248 e. The molecule has 0 aromatic carbocycles. The van der Waals surface area contributed by atoms with E-state index in [1.54, 1.807) is 19.1 Å². The number of aromatic nitrogens is 3. The predicted molar refractivity (Wildman–Crippen MR) is 45.9 cm³/mol. The molecule has 12 heavy (non-hydrogen) atoms. The first-order valence-corrected chi connectivity index (χ1v) is 3.52. The van der Waals surface area contributed by atoms with Crippen molar-refractivity contribution in [3.8, 4) is 0 Å². The SMILES string of the molecule is [B]c1ccc2n[nH]c(=O)n2c1C. The molecular weight excluding hydrogens is 153 g/mol. The van der Waals surface area contributed by atoms with Crippen LogP contribution in [-0.4, -0.2) is 22.4 Å². The van der Waals surface area contributed by atoms with E-state index in [9.17, 15) is 4.79 Å². The number of hydrogen-bond acceptors (Lipinski definition) is 2. The molecule has 0 saturated heterocycles. The van der Waals surface area contributed by atoms with Crippen LogP contribution in [0, 0.1) is 6.92 Å². The number of nitrogens with zero attached hydrogens (tertiary/aromatic N) is 2. The molecule has 0 spiro atoms. The van der Waals surface area contributed by atoms with Crippen LogP contribution in [0.25, 0.3) is 5.65 Å². The molecule has 1 N–H and O–H groups in total. The second-order valence-corrected chi connectivity index (χ2v) is 2.60. The third kappa shape index (κ3) is 0.793. The summed E-state index contributed by atoms with van der Waals surface area (Å²) < 4.78 is 1.44. The van der Waals surface area contributed by atoms with Crippen LogP contribution >= 0.6 is 0 Å². The number of aromatic amines is 1. The molecule has 0 atom stereocenters. The van der Waals surface area contributed by atoms with E-state index < -0.39 is 0 Å². The van der Waals surface area contributed by atoms with Crippen LogP contribution in [-0.2, 0) is 0 Å². The highest BCUT2D eigenvalue weighted by Gasteiger charge is 2.02. The van der Waals surface area contributed by atoms with Gasteiger partial charge in [0.05, 0.1) is 0 Å². The highest BCUT2D eigenvalue weighted by Crippen LogP contribution is 1.95. The smallest absolute Gasteiger partial charge is 0.248 e. The van der Waals surface area contributed by atoms with E-state index in [0.717, 1.165) is 0 Å². The molecule has 0 aliphatic carbocycles. The fraction of sp³-hybridized carbons (Fsp3) is 0.143. The molecule has 0 fully saturated rings. The number of hydrogen-bond donors (Lipinski definition) is 1. The summed E-state index contributed by atoms with van der Waals surface area (Å²) in [6.07, 6.45) is 0. The van der Waals surface area contributed by atoms with Crippen molar-refractivity contribution in [2.45, 2.75) is 6.92 Å². The van der Waals surface area contributed by atoms with Crippen molar-refractivity contribution in [3.05, 3.63) is 28.3 Å². The topological polar surface area (TPSA) is 50.2 Å². The summed E-state index contributed by atoms with van der Waals surface area (Å²) in [5.41, 5.74) is 1.64. The van der Waals surface area contributed by atoms with Gasteiger partial charge in [0.1, 0.15) is 7.85 Å². The van der Waals surface area contributed by atoms with Gasteiger partial charge in [0.15, 0.2) is 5.65 Å². The highest BCUT2D eigenvalue weighted by atomic mass is 16.1. The Morgan fingerprint density at radius 2 is 2.33 bits per heavy atom. The Bertz CT molecular complexity index is 485. The van der Waals surface area contributed by atoms with Gasteiger partial charge in [-0.2, -0.15) is 5.10 Å². The lowest BCUT2D eigenvalue weighted by Gasteiger charge is -2.00.